The molecule has 0 radical (unpaired) electrons. The number of carbonyl (C=O) groups is 1. The molecule has 0 amide bonds. The highest BCUT2D eigenvalue weighted by Crippen LogP contribution is 2.37. The molecule has 2 atom stereocenters. The summed E-state index contributed by atoms with van der Waals surface area (Å²) in [6, 6.07) is 9.94. The molecule has 1 aromatic heterocycles. The molecule has 2 fully saturated rings. The van der Waals surface area contributed by atoms with Crippen molar-refractivity contribution in [1.29, 1.82) is 0 Å². The van der Waals surface area contributed by atoms with Crippen LogP contribution in [0.2, 0.25) is 0 Å². The Morgan fingerprint density at radius 3 is 2.65 bits per heavy atom. The van der Waals surface area contributed by atoms with E-state index in [0.29, 0.717) is 5.69 Å². The lowest BCUT2D eigenvalue weighted by molar-refractivity contribution is -0.0149. The lowest BCUT2D eigenvalue weighted by Gasteiger charge is -2.27. The van der Waals surface area contributed by atoms with Crippen LogP contribution in [0.15, 0.2) is 36.5 Å². The van der Waals surface area contributed by atoms with Crippen LogP contribution in [0.25, 0.3) is 10.8 Å². The first-order chi connectivity index (χ1) is 9.81. The van der Waals surface area contributed by atoms with Gasteiger partial charge in [-0.15, -0.1) is 0 Å². The van der Waals surface area contributed by atoms with Crippen LogP contribution in [0.1, 0.15) is 36.2 Å². The first-order valence-corrected chi connectivity index (χ1v) is 7.34. The molecule has 2 aliphatic heterocycles. The Labute approximate surface area is 118 Å². The number of hydrogen-bond donors (Lipinski definition) is 0. The highest BCUT2D eigenvalue weighted by atomic mass is 16.5. The number of rotatable bonds is 2. The minimum atomic E-state index is 0.0829. The van der Waals surface area contributed by atoms with Crippen molar-refractivity contribution in [1.82, 2.24) is 4.98 Å². The summed E-state index contributed by atoms with van der Waals surface area (Å²) in [4.78, 5) is 17.2. The standard InChI is InChI=1S/C17H17NO2/c19-17(12-9-13-5-6-14(10-12)20-13)16-15-4-2-1-3-11(15)7-8-18-16/h1-4,7-8,12-14H,5-6,9-10H2. The van der Waals surface area contributed by atoms with Gasteiger partial charge in [-0.2, -0.15) is 0 Å². The van der Waals surface area contributed by atoms with Crippen LogP contribution in [-0.4, -0.2) is 23.0 Å². The summed E-state index contributed by atoms with van der Waals surface area (Å²) in [5.41, 5.74) is 0.634. The molecule has 0 spiro atoms. The molecule has 2 unspecified atom stereocenters. The zero-order chi connectivity index (χ0) is 13.5. The van der Waals surface area contributed by atoms with Crippen LogP contribution in [-0.2, 0) is 4.74 Å². The second kappa shape index (κ2) is 4.67. The molecule has 2 saturated heterocycles. The van der Waals surface area contributed by atoms with Crippen LogP contribution < -0.4 is 0 Å². The van der Waals surface area contributed by atoms with Gasteiger partial charge in [0.1, 0.15) is 5.69 Å². The number of carbonyl (C=O) groups excluding carboxylic acids is 1. The number of ether oxygens (including phenoxy) is 1. The fourth-order valence-electron chi connectivity index (χ4n) is 3.58. The zero-order valence-electron chi connectivity index (χ0n) is 11.3. The van der Waals surface area contributed by atoms with Gasteiger partial charge in [0, 0.05) is 17.5 Å². The van der Waals surface area contributed by atoms with Crippen molar-refractivity contribution in [3.63, 3.8) is 0 Å². The summed E-state index contributed by atoms with van der Waals surface area (Å²) in [5.74, 6) is 0.279. The van der Waals surface area contributed by atoms with E-state index in [4.69, 9.17) is 4.74 Å². The number of Topliss-reactive ketones (excluding diaryl/α,β-unsaturated/α-hetero) is 1. The minimum absolute atomic E-state index is 0.0829. The highest BCUT2D eigenvalue weighted by Gasteiger charge is 2.38. The molecule has 20 heavy (non-hydrogen) atoms. The van der Waals surface area contributed by atoms with Crippen molar-refractivity contribution in [3.05, 3.63) is 42.2 Å². The van der Waals surface area contributed by atoms with Crippen LogP contribution in [0.4, 0.5) is 0 Å². The smallest absolute Gasteiger partial charge is 0.185 e. The molecule has 0 N–H and O–H groups in total. The number of pyridine rings is 1. The maximum Gasteiger partial charge on any atom is 0.185 e. The molecular formula is C17H17NO2. The number of nitrogens with zero attached hydrogens (tertiary/aromatic N) is 1. The van der Waals surface area contributed by atoms with Crippen molar-refractivity contribution < 1.29 is 9.53 Å². The maximum atomic E-state index is 12.8. The number of benzene rings is 1. The van der Waals surface area contributed by atoms with Crippen LogP contribution >= 0.6 is 0 Å². The summed E-state index contributed by atoms with van der Waals surface area (Å²) in [6.07, 6.45) is 6.26. The zero-order valence-corrected chi connectivity index (χ0v) is 11.3. The number of aromatic nitrogens is 1. The minimum Gasteiger partial charge on any atom is -0.375 e. The first-order valence-electron chi connectivity index (χ1n) is 7.34. The number of ketones is 1. The molecule has 2 bridgehead atoms. The van der Waals surface area contributed by atoms with Gasteiger partial charge in [-0.05, 0) is 37.1 Å². The van der Waals surface area contributed by atoms with Crippen molar-refractivity contribution in [2.45, 2.75) is 37.9 Å². The molecule has 2 aromatic rings. The van der Waals surface area contributed by atoms with Gasteiger partial charge < -0.3 is 4.74 Å². The molecule has 1 aromatic carbocycles. The van der Waals surface area contributed by atoms with Gasteiger partial charge in [-0.3, -0.25) is 9.78 Å². The summed E-state index contributed by atoms with van der Waals surface area (Å²) in [6.45, 7) is 0. The average Bonchev–Trinajstić information content (AvgIpc) is 2.84. The summed E-state index contributed by atoms with van der Waals surface area (Å²) < 4.78 is 5.83. The second-order valence-corrected chi connectivity index (χ2v) is 5.87. The van der Waals surface area contributed by atoms with Gasteiger partial charge in [0.2, 0.25) is 0 Å². The Kier molecular flexibility index (Phi) is 2.81. The van der Waals surface area contributed by atoms with Crippen LogP contribution in [0.3, 0.4) is 0 Å². The third-order valence-corrected chi connectivity index (χ3v) is 4.57. The fraction of sp³-hybridized carbons (Fsp3) is 0.412. The van der Waals surface area contributed by atoms with Crippen LogP contribution in [0.5, 0.6) is 0 Å². The molecule has 3 heteroatoms. The predicted molar refractivity (Wildman–Crippen MR) is 76.7 cm³/mol. The summed E-state index contributed by atoms with van der Waals surface area (Å²) >= 11 is 0. The van der Waals surface area contributed by atoms with Gasteiger partial charge in [-0.25, -0.2) is 0 Å². The molecule has 4 rings (SSSR count). The van der Waals surface area contributed by atoms with Gasteiger partial charge in [0.15, 0.2) is 5.78 Å². The monoisotopic (exact) mass is 267 g/mol. The Morgan fingerprint density at radius 1 is 1.10 bits per heavy atom. The SMILES string of the molecule is O=C(c1nccc2ccccc12)C1CC2CCC(C1)O2. The Morgan fingerprint density at radius 2 is 1.85 bits per heavy atom. The number of hydrogen-bond acceptors (Lipinski definition) is 3. The van der Waals surface area contributed by atoms with E-state index in [-0.39, 0.29) is 23.9 Å². The van der Waals surface area contributed by atoms with E-state index >= 15 is 0 Å². The van der Waals surface area contributed by atoms with Crippen molar-refractivity contribution >= 4 is 16.6 Å². The van der Waals surface area contributed by atoms with Crippen molar-refractivity contribution in [2.24, 2.45) is 5.92 Å². The third kappa shape index (κ3) is 1.93. The Balaban J connectivity index is 1.70. The number of fused-ring (bicyclic) bond motifs is 3. The topological polar surface area (TPSA) is 39.2 Å². The van der Waals surface area contributed by atoms with Gasteiger partial charge in [-0.1, -0.05) is 24.3 Å². The van der Waals surface area contributed by atoms with Gasteiger partial charge >= 0.3 is 0 Å². The Hall–Kier alpha value is -1.74. The Bertz CT molecular complexity index is 650. The van der Waals surface area contributed by atoms with E-state index in [9.17, 15) is 4.79 Å². The van der Waals surface area contributed by atoms with Gasteiger partial charge in [0.25, 0.3) is 0 Å². The molecule has 0 aliphatic carbocycles. The van der Waals surface area contributed by atoms with E-state index in [1.54, 1.807) is 6.20 Å². The van der Waals surface area contributed by atoms with Gasteiger partial charge in [0.05, 0.1) is 12.2 Å². The van der Waals surface area contributed by atoms with E-state index < -0.39 is 0 Å². The fourth-order valence-corrected chi connectivity index (χ4v) is 3.58. The average molecular weight is 267 g/mol. The second-order valence-electron chi connectivity index (χ2n) is 5.87. The largest absolute Gasteiger partial charge is 0.375 e. The quantitative estimate of drug-likeness (QED) is 0.783. The predicted octanol–water partition coefficient (Wildman–Crippen LogP) is 3.38. The molecular weight excluding hydrogens is 250 g/mol. The van der Waals surface area contributed by atoms with Crippen molar-refractivity contribution in [3.8, 4) is 0 Å². The first kappa shape index (κ1) is 12.0. The summed E-state index contributed by atoms with van der Waals surface area (Å²) in [7, 11) is 0. The molecule has 2 aliphatic rings. The lowest BCUT2D eigenvalue weighted by Crippen LogP contribution is -2.30. The highest BCUT2D eigenvalue weighted by molar-refractivity contribution is 6.07. The third-order valence-electron chi connectivity index (χ3n) is 4.57. The molecule has 3 heterocycles. The van der Waals surface area contributed by atoms with E-state index in [0.717, 1.165) is 36.5 Å². The normalized spacial score (nSPS) is 28.7. The molecule has 3 nitrogen and oxygen atoms in total. The molecule has 0 saturated carbocycles. The van der Waals surface area contributed by atoms with E-state index in [1.807, 2.05) is 30.3 Å². The van der Waals surface area contributed by atoms with E-state index in [1.165, 1.54) is 0 Å². The summed E-state index contributed by atoms with van der Waals surface area (Å²) in [5, 5.41) is 2.06. The molecule has 102 valence electrons. The van der Waals surface area contributed by atoms with Crippen molar-refractivity contribution in [2.75, 3.05) is 0 Å². The maximum absolute atomic E-state index is 12.8. The van der Waals surface area contributed by atoms with Crippen LogP contribution in [0, 0.1) is 5.92 Å². The van der Waals surface area contributed by atoms with E-state index in [2.05, 4.69) is 4.98 Å². The lowest BCUT2D eigenvalue weighted by atomic mass is 9.88.